The second kappa shape index (κ2) is 8.55. The minimum Gasteiger partial charge on any atom is -0.421 e. The van der Waals surface area contributed by atoms with E-state index in [0.717, 1.165) is 16.7 Å². The average Bonchev–Trinajstić information content (AvgIpc) is 3.09. The highest BCUT2D eigenvalue weighted by molar-refractivity contribution is 6.35. The fourth-order valence-corrected chi connectivity index (χ4v) is 3.20. The summed E-state index contributed by atoms with van der Waals surface area (Å²) < 4.78 is 5.64. The van der Waals surface area contributed by atoms with Gasteiger partial charge in [0.25, 0.3) is 0 Å². The first kappa shape index (κ1) is 19.4. The van der Waals surface area contributed by atoms with Crippen LogP contribution in [-0.4, -0.2) is 16.1 Å². The van der Waals surface area contributed by atoms with Crippen LogP contribution in [0, 0.1) is 6.92 Å². The fourth-order valence-electron chi connectivity index (χ4n) is 2.63. The van der Waals surface area contributed by atoms with E-state index in [-0.39, 0.29) is 18.4 Å². The molecular formula is C20H19Cl2N3O2. The summed E-state index contributed by atoms with van der Waals surface area (Å²) in [5, 5.41) is 12.1. The quantitative estimate of drug-likeness (QED) is 0.616. The van der Waals surface area contributed by atoms with Gasteiger partial charge in [0.2, 0.25) is 17.7 Å². The number of rotatable bonds is 6. The summed E-state index contributed by atoms with van der Waals surface area (Å²) in [7, 11) is 0. The van der Waals surface area contributed by atoms with Crippen molar-refractivity contribution in [2.24, 2.45) is 0 Å². The molecule has 27 heavy (non-hydrogen) atoms. The molecule has 140 valence electrons. The van der Waals surface area contributed by atoms with Gasteiger partial charge < -0.3 is 9.73 Å². The number of carbonyl (C=O) groups excluding carboxylic acids is 1. The topological polar surface area (TPSA) is 68.0 Å². The predicted molar refractivity (Wildman–Crippen MR) is 106 cm³/mol. The standard InChI is InChI=1S/C20H19Cl2N3O2/c1-12-3-5-14(6-4-12)20-25-24-19(27-20)10-9-18(26)23-13(2)16-8-7-15(21)11-17(16)22/h3-8,11,13H,9-10H2,1-2H3,(H,23,26). The van der Waals surface area contributed by atoms with Crippen LogP contribution in [0.25, 0.3) is 11.5 Å². The molecule has 0 aliphatic heterocycles. The summed E-state index contributed by atoms with van der Waals surface area (Å²) in [6.07, 6.45) is 0.608. The van der Waals surface area contributed by atoms with Crippen molar-refractivity contribution in [2.45, 2.75) is 32.7 Å². The van der Waals surface area contributed by atoms with E-state index < -0.39 is 0 Å². The first-order valence-electron chi connectivity index (χ1n) is 8.56. The van der Waals surface area contributed by atoms with Crippen LogP contribution in [0.3, 0.4) is 0 Å². The maximum atomic E-state index is 12.2. The molecule has 0 aliphatic carbocycles. The highest BCUT2D eigenvalue weighted by Crippen LogP contribution is 2.26. The SMILES string of the molecule is Cc1ccc(-c2nnc(CCC(=O)NC(C)c3ccc(Cl)cc3Cl)o2)cc1. The Morgan fingerprint density at radius 3 is 2.59 bits per heavy atom. The molecule has 3 aromatic rings. The molecule has 1 unspecified atom stereocenters. The molecule has 0 spiro atoms. The lowest BCUT2D eigenvalue weighted by molar-refractivity contribution is -0.121. The van der Waals surface area contributed by atoms with Crippen LogP contribution in [0.15, 0.2) is 46.9 Å². The summed E-state index contributed by atoms with van der Waals surface area (Å²) in [6, 6.07) is 12.8. The van der Waals surface area contributed by atoms with Crippen molar-refractivity contribution < 1.29 is 9.21 Å². The molecule has 1 aromatic heterocycles. The van der Waals surface area contributed by atoms with Crippen LogP contribution in [0.2, 0.25) is 10.0 Å². The summed E-state index contributed by atoms with van der Waals surface area (Å²) in [5.74, 6) is 0.758. The van der Waals surface area contributed by atoms with E-state index in [2.05, 4.69) is 15.5 Å². The number of carbonyl (C=O) groups is 1. The zero-order valence-electron chi connectivity index (χ0n) is 15.0. The van der Waals surface area contributed by atoms with Gasteiger partial charge in [-0.25, -0.2) is 0 Å². The van der Waals surface area contributed by atoms with Crippen molar-refractivity contribution in [3.8, 4) is 11.5 Å². The number of aryl methyl sites for hydroxylation is 2. The summed E-state index contributed by atoms with van der Waals surface area (Å²) >= 11 is 12.1. The van der Waals surface area contributed by atoms with Gasteiger partial charge in [0, 0.05) is 28.5 Å². The normalized spacial score (nSPS) is 12.0. The number of benzene rings is 2. The molecule has 1 N–H and O–H groups in total. The second-order valence-electron chi connectivity index (χ2n) is 6.32. The highest BCUT2D eigenvalue weighted by Gasteiger charge is 2.15. The molecule has 0 fully saturated rings. The smallest absolute Gasteiger partial charge is 0.247 e. The largest absolute Gasteiger partial charge is 0.421 e. The van der Waals surface area contributed by atoms with Gasteiger partial charge in [-0.05, 0) is 43.7 Å². The molecule has 3 rings (SSSR count). The Kier molecular flexibility index (Phi) is 6.14. The minimum atomic E-state index is -0.229. The first-order chi connectivity index (χ1) is 12.9. The van der Waals surface area contributed by atoms with Crippen molar-refractivity contribution in [2.75, 3.05) is 0 Å². The third-order valence-corrected chi connectivity index (χ3v) is 4.70. The molecule has 0 saturated carbocycles. The van der Waals surface area contributed by atoms with E-state index >= 15 is 0 Å². The van der Waals surface area contributed by atoms with Crippen LogP contribution in [-0.2, 0) is 11.2 Å². The van der Waals surface area contributed by atoms with Crippen molar-refractivity contribution >= 4 is 29.1 Å². The van der Waals surface area contributed by atoms with Crippen molar-refractivity contribution in [3.05, 3.63) is 69.5 Å². The zero-order valence-corrected chi connectivity index (χ0v) is 16.5. The van der Waals surface area contributed by atoms with Crippen molar-refractivity contribution in [1.29, 1.82) is 0 Å². The van der Waals surface area contributed by atoms with Crippen molar-refractivity contribution in [1.82, 2.24) is 15.5 Å². The lowest BCUT2D eigenvalue weighted by Crippen LogP contribution is -2.27. The molecule has 0 aliphatic rings. The Morgan fingerprint density at radius 1 is 1.15 bits per heavy atom. The number of hydrogen-bond donors (Lipinski definition) is 1. The van der Waals surface area contributed by atoms with Gasteiger partial charge in [0.1, 0.15) is 0 Å². The van der Waals surface area contributed by atoms with Crippen LogP contribution < -0.4 is 5.32 Å². The zero-order chi connectivity index (χ0) is 19.4. The number of nitrogens with zero attached hydrogens (tertiary/aromatic N) is 2. The highest BCUT2D eigenvalue weighted by atomic mass is 35.5. The third-order valence-electron chi connectivity index (χ3n) is 4.14. The van der Waals surface area contributed by atoms with Gasteiger partial charge in [-0.15, -0.1) is 10.2 Å². The molecule has 5 nitrogen and oxygen atoms in total. The van der Waals surface area contributed by atoms with E-state index in [1.165, 1.54) is 0 Å². The van der Waals surface area contributed by atoms with Gasteiger partial charge in [-0.1, -0.05) is 47.0 Å². The molecule has 0 saturated heterocycles. The van der Waals surface area contributed by atoms with Crippen LogP contribution >= 0.6 is 23.2 Å². The molecule has 7 heteroatoms. The first-order valence-corrected chi connectivity index (χ1v) is 9.31. The second-order valence-corrected chi connectivity index (χ2v) is 7.17. The third kappa shape index (κ3) is 5.08. The maximum absolute atomic E-state index is 12.2. The summed E-state index contributed by atoms with van der Waals surface area (Å²) in [6.45, 7) is 3.88. The van der Waals surface area contributed by atoms with E-state index in [9.17, 15) is 4.79 Å². The lowest BCUT2D eigenvalue weighted by Gasteiger charge is -2.15. The maximum Gasteiger partial charge on any atom is 0.247 e. The molecule has 0 bridgehead atoms. The van der Waals surface area contributed by atoms with E-state index in [1.54, 1.807) is 12.1 Å². The molecule has 2 aromatic carbocycles. The monoisotopic (exact) mass is 403 g/mol. The Labute approximate surface area is 167 Å². The Hall–Kier alpha value is -2.37. The number of nitrogens with one attached hydrogen (secondary N) is 1. The summed E-state index contributed by atoms with van der Waals surface area (Å²) in [4.78, 5) is 12.2. The van der Waals surface area contributed by atoms with Crippen LogP contribution in [0.4, 0.5) is 0 Å². The van der Waals surface area contributed by atoms with Gasteiger partial charge in [-0.2, -0.15) is 0 Å². The molecule has 0 radical (unpaired) electrons. The average molecular weight is 404 g/mol. The van der Waals surface area contributed by atoms with Gasteiger partial charge in [-0.3, -0.25) is 4.79 Å². The predicted octanol–water partition coefficient (Wildman–Crippen LogP) is 5.16. The van der Waals surface area contributed by atoms with Gasteiger partial charge >= 0.3 is 0 Å². The van der Waals surface area contributed by atoms with Gasteiger partial charge in [0.05, 0.1) is 6.04 Å². The fraction of sp³-hybridized carbons (Fsp3) is 0.250. The number of halogens is 2. The van der Waals surface area contributed by atoms with Crippen LogP contribution in [0.1, 0.15) is 36.4 Å². The molecule has 1 amide bonds. The van der Waals surface area contributed by atoms with E-state index in [4.69, 9.17) is 27.6 Å². The van der Waals surface area contributed by atoms with E-state index in [0.29, 0.717) is 28.2 Å². The Morgan fingerprint density at radius 2 is 1.89 bits per heavy atom. The molecular weight excluding hydrogens is 385 g/mol. The van der Waals surface area contributed by atoms with Gasteiger partial charge in [0.15, 0.2) is 0 Å². The molecule has 1 heterocycles. The Balaban J connectivity index is 1.55. The summed E-state index contributed by atoms with van der Waals surface area (Å²) in [5.41, 5.74) is 2.83. The van der Waals surface area contributed by atoms with Crippen molar-refractivity contribution in [3.63, 3.8) is 0 Å². The van der Waals surface area contributed by atoms with Crippen LogP contribution in [0.5, 0.6) is 0 Å². The van der Waals surface area contributed by atoms with E-state index in [1.807, 2.05) is 44.2 Å². The molecule has 1 atom stereocenters. The number of amides is 1. The Bertz CT molecular complexity index is 939. The number of aromatic nitrogens is 2. The minimum absolute atomic E-state index is 0.122. The number of hydrogen-bond acceptors (Lipinski definition) is 4. The lowest BCUT2D eigenvalue weighted by atomic mass is 10.1.